The third-order valence-corrected chi connectivity index (χ3v) is 4.31. The highest BCUT2D eigenvalue weighted by Crippen LogP contribution is 2.26. The highest BCUT2D eigenvalue weighted by atomic mass is 127. The van der Waals surface area contributed by atoms with Crippen LogP contribution in [0.25, 0.3) is 0 Å². The summed E-state index contributed by atoms with van der Waals surface area (Å²) in [5, 5.41) is 0. The second-order valence-electron chi connectivity index (χ2n) is 5.62. The number of halogens is 1. The van der Waals surface area contributed by atoms with Crippen molar-refractivity contribution in [2.24, 2.45) is 0 Å². The zero-order chi connectivity index (χ0) is 15.8. The topological polar surface area (TPSA) is 53.4 Å². The van der Waals surface area contributed by atoms with Crippen LogP contribution in [-0.2, 0) is 3.07 Å². The van der Waals surface area contributed by atoms with E-state index in [1.165, 1.54) is 25.7 Å². The molecule has 1 heterocycles. The largest absolute Gasteiger partial charge is 0.473 e. The molecule has 0 aliphatic heterocycles. The molecular weight excluding hydrogens is 395 g/mol. The van der Waals surface area contributed by atoms with E-state index in [9.17, 15) is 4.79 Å². The number of rotatable bonds is 6. The summed E-state index contributed by atoms with van der Waals surface area (Å²) in [5.41, 5.74) is 0.703. The summed E-state index contributed by atoms with van der Waals surface area (Å²) in [6.45, 7) is 2.87. The fourth-order valence-corrected chi connectivity index (χ4v) is 3.00. The Morgan fingerprint density at radius 3 is 2.64 bits per heavy atom. The first-order chi connectivity index (χ1) is 10.7. The fourth-order valence-electron chi connectivity index (χ4n) is 2.80. The molecule has 5 nitrogen and oxygen atoms in total. The van der Waals surface area contributed by atoms with Gasteiger partial charge in [-0.2, -0.15) is 4.98 Å². The number of ether oxygens (including phenoxy) is 1. The normalized spacial score (nSPS) is 16.8. The first kappa shape index (κ1) is 17.5. The van der Waals surface area contributed by atoms with Gasteiger partial charge in [-0.3, -0.25) is 4.57 Å². The summed E-state index contributed by atoms with van der Waals surface area (Å²) >= 11 is 1.84. The van der Waals surface area contributed by atoms with Crippen molar-refractivity contribution in [3.8, 4) is 5.88 Å². The van der Waals surface area contributed by atoms with Crippen molar-refractivity contribution in [1.82, 2.24) is 9.55 Å². The first-order valence-electron chi connectivity index (χ1n) is 7.83. The molecule has 6 heteroatoms. The zero-order valence-corrected chi connectivity index (χ0v) is 15.1. The van der Waals surface area contributed by atoms with Gasteiger partial charge in [-0.15, -0.1) is 0 Å². The van der Waals surface area contributed by atoms with Crippen LogP contribution in [0.3, 0.4) is 0 Å². The van der Waals surface area contributed by atoms with Crippen LogP contribution in [0.5, 0.6) is 5.88 Å². The molecule has 0 atom stereocenters. The standard InChI is InChI=1S/C16H23IN2O3/c1-13-12-19(14-8-4-2-3-5-9-14)16(20)18-15(13)21-10-6-7-11-22-17/h6-7,12,14H,2-5,8-11H2,1H3/b7-6+. The van der Waals surface area contributed by atoms with Crippen LogP contribution in [0, 0.1) is 6.92 Å². The number of aromatic nitrogens is 2. The summed E-state index contributed by atoms with van der Waals surface area (Å²) in [7, 11) is 0. The molecule has 1 saturated carbocycles. The van der Waals surface area contributed by atoms with Crippen LogP contribution in [-0.4, -0.2) is 22.8 Å². The molecule has 0 saturated heterocycles. The molecule has 1 aromatic heterocycles. The third kappa shape index (κ3) is 5.08. The van der Waals surface area contributed by atoms with Gasteiger partial charge in [0.25, 0.3) is 0 Å². The Balaban J connectivity index is 2.05. The first-order valence-corrected chi connectivity index (χ1v) is 8.71. The van der Waals surface area contributed by atoms with Crippen LogP contribution in [0.4, 0.5) is 0 Å². The predicted molar refractivity (Wildman–Crippen MR) is 94.6 cm³/mol. The Hall–Kier alpha value is -0.890. The molecule has 0 unspecified atom stereocenters. The molecule has 1 aromatic rings. The Morgan fingerprint density at radius 1 is 1.27 bits per heavy atom. The molecule has 22 heavy (non-hydrogen) atoms. The molecule has 122 valence electrons. The summed E-state index contributed by atoms with van der Waals surface area (Å²) in [4.78, 5) is 16.4. The van der Waals surface area contributed by atoms with Gasteiger partial charge >= 0.3 is 5.69 Å². The lowest BCUT2D eigenvalue weighted by atomic mass is 10.1. The van der Waals surface area contributed by atoms with Crippen LogP contribution >= 0.6 is 23.0 Å². The molecule has 2 rings (SSSR count). The summed E-state index contributed by atoms with van der Waals surface area (Å²) in [5.74, 6) is 0.426. The van der Waals surface area contributed by atoms with E-state index in [0.717, 1.165) is 18.4 Å². The van der Waals surface area contributed by atoms with E-state index in [2.05, 4.69) is 4.98 Å². The van der Waals surface area contributed by atoms with Gasteiger partial charge in [0, 0.05) is 17.8 Å². The minimum absolute atomic E-state index is 0.202. The molecule has 0 amide bonds. The van der Waals surface area contributed by atoms with Gasteiger partial charge in [-0.1, -0.05) is 31.8 Å². The van der Waals surface area contributed by atoms with E-state index in [1.54, 1.807) is 4.57 Å². The molecule has 1 aliphatic rings. The van der Waals surface area contributed by atoms with Gasteiger partial charge in [-0.25, -0.2) is 4.79 Å². The van der Waals surface area contributed by atoms with E-state index in [0.29, 0.717) is 19.1 Å². The minimum Gasteiger partial charge on any atom is -0.473 e. The van der Waals surface area contributed by atoms with Gasteiger partial charge in [0.1, 0.15) is 29.6 Å². The molecule has 1 fully saturated rings. The predicted octanol–water partition coefficient (Wildman–Crippen LogP) is 3.75. The average molecular weight is 418 g/mol. The van der Waals surface area contributed by atoms with Gasteiger partial charge in [0.15, 0.2) is 0 Å². The molecule has 0 spiro atoms. The van der Waals surface area contributed by atoms with Crippen molar-refractivity contribution in [3.63, 3.8) is 0 Å². The van der Waals surface area contributed by atoms with Crippen LogP contribution in [0.15, 0.2) is 23.1 Å². The van der Waals surface area contributed by atoms with Crippen molar-refractivity contribution in [3.05, 3.63) is 34.4 Å². The van der Waals surface area contributed by atoms with Crippen molar-refractivity contribution in [2.45, 2.75) is 51.5 Å². The molecule has 0 bridgehead atoms. The van der Waals surface area contributed by atoms with Crippen LogP contribution in [0.2, 0.25) is 0 Å². The molecule has 0 radical (unpaired) electrons. The Bertz CT molecular complexity index is 549. The van der Waals surface area contributed by atoms with Gasteiger partial charge in [0.05, 0.1) is 6.61 Å². The second-order valence-corrected chi connectivity index (χ2v) is 6.25. The van der Waals surface area contributed by atoms with Gasteiger partial charge in [-0.05, 0) is 25.8 Å². The second kappa shape index (κ2) is 9.29. The van der Waals surface area contributed by atoms with E-state index in [-0.39, 0.29) is 11.7 Å². The van der Waals surface area contributed by atoms with Crippen LogP contribution in [0.1, 0.15) is 50.1 Å². The molecular formula is C16H23IN2O3. The molecule has 0 N–H and O–H groups in total. The van der Waals surface area contributed by atoms with Crippen molar-refractivity contribution in [2.75, 3.05) is 13.2 Å². The maximum absolute atomic E-state index is 12.3. The van der Waals surface area contributed by atoms with Crippen molar-refractivity contribution in [1.29, 1.82) is 0 Å². The van der Waals surface area contributed by atoms with E-state index in [4.69, 9.17) is 7.80 Å². The summed E-state index contributed by atoms with van der Waals surface area (Å²) < 4.78 is 12.2. The number of hydrogen-bond acceptors (Lipinski definition) is 4. The monoisotopic (exact) mass is 418 g/mol. The maximum atomic E-state index is 12.3. The van der Waals surface area contributed by atoms with Gasteiger partial charge < -0.3 is 7.80 Å². The lowest BCUT2D eigenvalue weighted by Gasteiger charge is -2.18. The van der Waals surface area contributed by atoms with E-state index < -0.39 is 0 Å². The number of aryl methyl sites for hydroxylation is 1. The lowest BCUT2D eigenvalue weighted by Crippen LogP contribution is -2.27. The summed E-state index contributed by atoms with van der Waals surface area (Å²) in [6.07, 6.45) is 12.7. The number of hydrogen-bond donors (Lipinski definition) is 0. The minimum atomic E-state index is -0.202. The molecule has 0 aromatic carbocycles. The van der Waals surface area contributed by atoms with Crippen molar-refractivity contribution < 1.29 is 7.80 Å². The third-order valence-electron chi connectivity index (χ3n) is 3.95. The average Bonchev–Trinajstić information content (AvgIpc) is 2.79. The lowest BCUT2D eigenvalue weighted by molar-refractivity contribution is 0.335. The Kier molecular flexibility index (Phi) is 7.38. The maximum Gasteiger partial charge on any atom is 0.351 e. The zero-order valence-electron chi connectivity index (χ0n) is 13.0. The SMILES string of the molecule is Cc1cn(C2CCCCCC2)c(=O)nc1OC/C=C/COI. The van der Waals surface area contributed by atoms with E-state index in [1.807, 2.05) is 48.3 Å². The summed E-state index contributed by atoms with van der Waals surface area (Å²) in [6, 6.07) is 0.288. The quantitative estimate of drug-likeness (QED) is 0.401. The fraction of sp³-hybridized carbons (Fsp3) is 0.625. The smallest absolute Gasteiger partial charge is 0.351 e. The highest BCUT2D eigenvalue weighted by molar-refractivity contribution is 14.1. The van der Waals surface area contributed by atoms with Crippen molar-refractivity contribution >= 4 is 23.0 Å². The Labute approximate surface area is 145 Å². The van der Waals surface area contributed by atoms with Crippen LogP contribution < -0.4 is 10.4 Å². The van der Waals surface area contributed by atoms with Gasteiger partial charge in [0.2, 0.25) is 5.88 Å². The molecule has 1 aliphatic carbocycles. The van der Waals surface area contributed by atoms with E-state index >= 15 is 0 Å². The highest BCUT2D eigenvalue weighted by Gasteiger charge is 2.17. The Morgan fingerprint density at radius 2 is 1.95 bits per heavy atom. The number of nitrogens with zero attached hydrogens (tertiary/aromatic N) is 2.